The number of rotatable bonds is 6. The first-order valence-electron chi connectivity index (χ1n) is 8.51. The molecule has 1 N–H and O–H groups in total. The molecular formula is C21H21N3O2. The molecule has 132 valence electrons. The average Bonchev–Trinajstić information content (AvgIpc) is 3.02. The van der Waals surface area contributed by atoms with E-state index in [0.717, 1.165) is 16.9 Å². The minimum absolute atomic E-state index is 0.0939. The molecule has 5 nitrogen and oxygen atoms in total. The summed E-state index contributed by atoms with van der Waals surface area (Å²) in [6.07, 6.45) is 0. The highest BCUT2D eigenvalue weighted by Gasteiger charge is 2.17. The highest BCUT2D eigenvalue weighted by Crippen LogP contribution is 2.22. The third-order valence-electron chi connectivity index (χ3n) is 4.37. The molecule has 0 spiro atoms. The molecular weight excluding hydrogens is 326 g/mol. The lowest BCUT2D eigenvalue weighted by atomic mass is 10.0. The lowest BCUT2D eigenvalue weighted by Gasteiger charge is -2.12. The van der Waals surface area contributed by atoms with E-state index in [0.29, 0.717) is 17.0 Å². The van der Waals surface area contributed by atoms with Crippen LogP contribution in [0.2, 0.25) is 0 Å². The number of aromatic nitrogens is 2. The molecule has 0 fully saturated rings. The van der Waals surface area contributed by atoms with E-state index in [9.17, 15) is 10.4 Å². The summed E-state index contributed by atoms with van der Waals surface area (Å²) in [5.41, 5.74) is 3.90. The molecule has 0 radical (unpaired) electrons. The van der Waals surface area contributed by atoms with Gasteiger partial charge in [0.25, 0.3) is 0 Å². The van der Waals surface area contributed by atoms with Crippen molar-refractivity contribution in [1.29, 1.82) is 5.26 Å². The molecule has 5 heteroatoms. The fourth-order valence-electron chi connectivity index (χ4n) is 2.79. The molecule has 1 aromatic heterocycles. The number of hydrogen-bond acceptors (Lipinski definition) is 4. The third-order valence-corrected chi connectivity index (χ3v) is 4.37. The number of nitrogens with zero attached hydrogens (tertiary/aromatic N) is 3. The van der Waals surface area contributed by atoms with E-state index in [4.69, 9.17) is 4.74 Å². The van der Waals surface area contributed by atoms with Crippen molar-refractivity contribution in [3.63, 3.8) is 0 Å². The topological polar surface area (TPSA) is 71.1 Å². The Hall–Kier alpha value is -3.10. The van der Waals surface area contributed by atoms with Gasteiger partial charge in [-0.2, -0.15) is 10.4 Å². The van der Waals surface area contributed by atoms with Crippen molar-refractivity contribution in [2.24, 2.45) is 0 Å². The van der Waals surface area contributed by atoms with Gasteiger partial charge in [0.15, 0.2) is 0 Å². The van der Waals surface area contributed by atoms with Crippen LogP contribution in [0.5, 0.6) is 5.75 Å². The summed E-state index contributed by atoms with van der Waals surface area (Å²) < 4.78 is 7.66. The first-order chi connectivity index (χ1) is 12.6. The average molecular weight is 347 g/mol. The van der Waals surface area contributed by atoms with Gasteiger partial charge in [0.05, 0.1) is 17.1 Å². The van der Waals surface area contributed by atoms with E-state index >= 15 is 0 Å². The number of nitriles is 1. The molecule has 0 bridgehead atoms. The molecule has 2 aromatic carbocycles. The first-order valence-corrected chi connectivity index (χ1v) is 8.51. The first kappa shape index (κ1) is 17.7. The summed E-state index contributed by atoms with van der Waals surface area (Å²) in [5.74, 6) is 0.803. The quantitative estimate of drug-likeness (QED) is 0.737. The van der Waals surface area contributed by atoms with Crippen LogP contribution in [0.15, 0.2) is 54.6 Å². The Labute approximate surface area is 153 Å². The summed E-state index contributed by atoms with van der Waals surface area (Å²) in [5, 5.41) is 23.2. The Morgan fingerprint density at radius 3 is 2.46 bits per heavy atom. The van der Waals surface area contributed by atoms with Crippen molar-refractivity contribution in [3.8, 4) is 17.5 Å². The Bertz CT molecular complexity index is 909. The number of aliphatic hydroxyl groups excluding tert-OH is 1. The minimum Gasteiger partial charge on any atom is -0.487 e. The van der Waals surface area contributed by atoms with Crippen molar-refractivity contribution >= 4 is 0 Å². The van der Waals surface area contributed by atoms with Gasteiger partial charge in [-0.05, 0) is 36.8 Å². The van der Waals surface area contributed by atoms with Crippen LogP contribution in [0.3, 0.4) is 0 Å². The van der Waals surface area contributed by atoms with Crippen LogP contribution in [0.25, 0.3) is 5.69 Å². The van der Waals surface area contributed by atoms with Crippen LogP contribution in [0.1, 0.15) is 35.4 Å². The molecule has 26 heavy (non-hydrogen) atoms. The number of benzene rings is 2. The summed E-state index contributed by atoms with van der Waals surface area (Å²) in [6.45, 7) is 4.15. The molecule has 0 amide bonds. The van der Waals surface area contributed by atoms with E-state index in [1.165, 1.54) is 0 Å². The summed E-state index contributed by atoms with van der Waals surface area (Å²) in [4.78, 5) is 0. The number of para-hydroxylation sites is 1. The molecule has 0 aliphatic carbocycles. The Morgan fingerprint density at radius 2 is 1.85 bits per heavy atom. The zero-order valence-electron chi connectivity index (χ0n) is 14.9. The summed E-state index contributed by atoms with van der Waals surface area (Å²) in [6, 6.07) is 19.6. The van der Waals surface area contributed by atoms with Crippen LogP contribution in [-0.4, -0.2) is 21.5 Å². The number of ether oxygens (including phenoxy) is 1. The maximum Gasteiger partial charge on any atom is 0.132 e. The van der Waals surface area contributed by atoms with Crippen molar-refractivity contribution in [2.75, 3.05) is 6.61 Å². The van der Waals surface area contributed by atoms with Crippen LogP contribution in [0.4, 0.5) is 0 Å². The second kappa shape index (κ2) is 7.85. The van der Waals surface area contributed by atoms with Gasteiger partial charge < -0.3 is 9.84 Å². The van der Waals surface area contributed by atoms with Crippen LogP contribution < -0.4 is 4.74 Å². The SMILES string of the molecule is Cc1nn(-c2ccccc2)c(COc2ccc(C(C)CO)cc2)c1C#N. The predicted octanol–water partition coefficient (Wildman–Crippen LogP) is 3.73. The van der Waals surface area contributed by atoms with Crippen LogP contribution in [-0.2, 0) is 6.61 Å². The smallest absolute Gasteiger partial charge is 0.132 e. The van der Waals surface area contributed by atoms with Crippen LogP contribution >= 0.6 is 0 Å². The number of aliphatic hydroxyl groups is 1. The van der Waals surface area contributed by atoms with Crippen molar-refractivity contribution in [1.82, 2.24) is 9.78 Å². The molecule has 0 saturated carbocycles. The van der Waals surface area contributed by atoms with Crippen molar-refractivity contribution < 1.29 is 9.84 Å². The lowest BCUT2D eigenvalue weighted by molar-refractivity contribution is 0.272. The van der Waals surface area contributed by atoms with Crippen molar-refractivity contribution in [2.45, 2.75) is 26.4 Å². The monoisotopic (exact) mass is 347 g/mol. The predicted molar refractivity (Wildman–Crippen MR) is 99.3 cm³/mol. The van der Waals surface area contributed by atoms with E-state index in [1.54, 1.807) is 4.68 Å². The van der Waals surface area contributed by atoms with Gasteiger partial charge in [-0.25, -0.2) is 4.68 Å². The number of aryl methyl sites for hydroxylation is 1. The summed E-state index contributed by atoms with van der Waals surface area (Å²) in [7, 11) is 0. The van der Waals surface area contributed by atoms with E-state index in [2.05, 4.69) is 11.2 Å². The minimum atomic E-state index is 0.0939. The normalized spacial score (nSPS) is 11.8. The maximum atomic E-state index is 9.50. The zero-order valence-corrected chi connectivity index (χ0v) is 14.9. The van der Waals surface area contributed by atoms with Crippen LogP contribution in [0, 0.1) is 18.3 Å². The molecule has 1 heterocycles. The van der Waals surface area contributed by atoms with Gasteiger partial charge in [0.1, 0.15) is 24.0 Å². The Kier molecular flexibility index (Phi) is 5.35. The zero-order chi connectivity index (χ0) is 18.5. The molecule has 0 saturated heterocycles. The third kappa shape index (κ3) is 3.61. The Morgan fingerprint density at radius 1 is 1.15 bits per heavy atom. The van der Waals surface area contributed by atoms with Gasteiger partial charge in [0, 0.05) is 12.5 Å². The van der Waals surface area contributed by atoms with Gasteiger partial charge in [-0.1, -0.05) is 37.3 Å². The van der Waals surface area contributed by atoms with E-state index in [-0.39, 0.29) is 19.1 Å². The highest BCUT2D eigenvalue weighted by atomic mass is 16.5. The maximum absolute atomic E-state index is 9.50. The highest BCUT2D eigenvalue weighted by molar-refractivity contribution is 5.43. The second-order valence-electron chi connectivity index (χ2n) is 6.21. The van der Waals surface area contributed by atoms with Gasteiger partial charge >= 0.3 is 0 Å². The van der Waals surface area contributed by atoms with E-state index < -0.39 is 0 Å². The number of hydrogen-bond donors (Lipinski definition) is 1. The van der Waals surface area contributed by atoms with Gasteiger partial charge in [-0.3, -0.25) is 0 Å². The van der Waals surface area contributed by atoms with E-state index in [1.807, 2.05) is 68.4 Å². The molecule has 1 unspecified atom stereocenters. The standard InChI is InChI=1S/C21H21N3O2/c1-15(13-25)17-8-10-19(11-9-17)26-14-21-20(12-22)16(2)23-24(21)18-6-4-3-5-7-18/h3-11,15,25H,13-14H2,1-2H3. The molecule has 3 aromatic rings. The molecule has 3 rings (SSSR count). The molecule has 1 atom stereocenters. The van der Waals surface area contributed by atoms with Gasteiger partial charge in [-0.15, -0.1) is 0 Å². The second-order valence-corrected chi connectivity index (χ2v) is 6.21. The van der Waals surface area contributed by atoms with Crippen molar-refractivity contribution in [3.05, 3.63) is 77.1 Å². The van der Waals surface area contributed by atoms with Gasteiger partial charge in [0.2, 0.25) is 0 Å². The Balaban J connectivity index is 1.85. The summed E-state index contributed by atoms with van der Waals surface area (Å²) >= 11 is 0. The molecule has 0 aliphatic heterocycles. The fraction of sp³-hybridized carbons (Fsp3) is 0.238. The lowest BCUT2D eigenvalue weighted by Crippen LogP contribution is -2.07. The molecule has 0 aliphatic rings. The fourth-order valence-corrected chi connectivity index (χ4v) is 2.79. The largest absolute Gasteiger partial charge is 0.487 e.